The molecule has 3 aliphatic carbocycles. The summed E-state index contributed by atoms with van der Waals surface area (Å²) in [6.45, 7) is 12.4. The molecule has 192 valence electrons. The number of nitrogens with zero attached hydrogens (tertiary/aromatic N) is 1. The average Bonchev–Trinajstić information content (AvgIpc) is 3.12. The second-order valence-electron chi connectivity index (χ2n) is 12.2. The van der Waals surface area contributed by atoms with E-state index in [9.17, 15) is 19.0 Å². The molecule has 2 unspecified atom stereocenters. The van der Waals surface area contributed by atoms with Gasteiger partial charge in [-0.1, -0.05) is 38.2 Å². The number of hydrogen-bond donors (Lipinski definition) is 2. The van der Waals surface area contributed by atoms with Gasteiger partial charge in [0, 0.05) is 25.4 Å². The number of likely N-dealkylation sites (tertiary alicyclic amines) is 1. The normalized spacial score (nSPS) is 41.1. The number of aliphatic hydroxyl groups excluding tert-OH is 2. The van der Waals surface area contributed by atoms with E-state index in [1.54, 1.807) is 0 Å². The number of halogens is 2. The fourth-order valence-electron chi connectivity index (χ4n) is 7.85. The van der Waals surface area contributed by atoms with Gasteiger partial charge in [0.15, 0.2) is 0 Å². The van der Waals surface area contributed by atoms with E-state index in [0.717, 1.165) is 44.0 Å². The largest absolute Gasteiger partial charge is 0.393 e. The Morgan fingerprint density at radius 2 is 1.97 bits per heavy atom. The molecule has 3 saturated carbocycles. The van der Waals surface area contributed by atoms with Crippen molar-refractivity contribution in [2.45, 2.75) is 96.7 Å². The van der Waals surface area contributed by atoms with Crippen LogP contribution in [0.4, 0.5) is 8.78 Å². The molecule has 0 aromatic heterocycles. The predicted octanol–water partition coefficient (Wildman–Crippen LogP) is 6.13. The maximum atomic E-state index is 13.9. The zero-order chi connectivity index (χ0) is 24.7. The third-order valence-corrected chi connectivity index (χ3v) is 9.76. The minimum Gasteiger partial charge on any atom is -0.393 e. The van der Waals surface area contributed by atoms with Gasteiger partial charge in [-0.3, -0.25) is 0 Å². The molecule has 0 spiro atoms. The van der Waals surface area contributed by atoms with E-state index in [1.165, 1.54) is 31.3 Å². The second-order valence-corrected chi connectivity index (χ2v) is 12.2. The number of alkyl halides is 2. The number of fused-ring (bicyclic) bond motifs is 1. The van der Waals surface area contributed by atoms with Crippen LogP contribution in [0.5, 0.6) is 0 Å². The van der Waals surface area contributed by atoms with E-state index in [4.69, 9.17) is 0 Å². The molecule has 4 fully saturated rings. The summed E-state index contributed by atoms with van der Waals surface area (Å²) in [4.78, 5) is 2.31. The molecule has 0 bridgehead atoms. The van der Waals surface area contributed by atoms with Crippen LogP contribution in [0.1, 0.15) is 78.6 Å². The van der Waals surface area contributed by atoms with Crippen LogP contribution < -0.4 is 0 Å². The second kappa shape index (κ2) is 10.1. The quantitative estimate of drug-likeness (QED) is 0.501. The molecule has 0 radical (unpaired) electrons. The molecule has 34 heavy (non-hydrogen) atoms. The van der Waals surface area contributed by atoms with Crippen molar-refractivity contribution in [1.29, 1.82) is 0 Å². The molecule has 2 N–H and O–H groups in total. The first-order chi connectivity index (χ1) is 16.0. The zero-order valence-electron chi connectivity index (χ0n) is 21.4. The van der Waals surface area contributed by atoms with Crippen LogP contribution in [-0.4, -0.2) is 52.9 Å². The van der Waals surface area contributed by atoms with Crippen molar-refractivity contribution in [1.82, 2.24) is 4.90 Å². The molecule has 4 rings (SSSR count). The first kappa shape index (κ1) is 26.0. The molecule has 4 aliphatic rings. The van der Waals surface area contributed by atoms with Gasteiger partial charge in [0.05, 0.1) is 12.2 Å². The Morgan fingerprint density at radius 3 is 2.71 bits per heavy atom. The zero-order valence-corrected chi connectivity index (χ0v) is 21.4. The number of rotatable bonds is 5. The van der Waals surface area contributed by atoms with E-state index < -0.39 is 24.0 Å². The van der Waals surface area contributed by atoms with Gasteiger partial charge in [0.1, 0.15) is 0 Å². The number of allylic oxidation sites excluding steroid dienone is 3. The number of aliphatic hydroxyl groups is 2. The Kier molecular flexibility index (Phi) is 7.77. The van der Waals surface area contributed by atoms with Gasteiger partial charge in [-0.2, -0.15) is 0 Å². The fourth-order valence-corrected chi connectivity index (χ4v) is 7.85. The van der Waals surface area contributed by atoms with Crippen molar-refractivity contribution in [2.24, 2.45) is 29.1 Å². The highest BCUT2D eigenvalue weighted by Gasteiger charge is 2.51. The molecular weight excluding hydrogens is 432 g/mol. The minimum absolute atomic E-state index is 0.258. The molecule has 1 aliphatic heterocycles. The minimum atomic E-state index is -2.58. The fraction of sp³-hybridized carbons (Fsp3) is 0.793. The lowest BCUT2D eigenvalue weighted by molar-refractivity contribution is -0.0695. The average molecular weight is 478 g/mol. The van der Waals surface area contributed by atoms with E-state index in [0.29, 0.717) is 43.6 Å². The predicted molar refractivity (Wildman–Crippen MR) is 134 cm³/mol. The molecule has 1 heterocycles. The van der Waals surface area contributed by atoms with Crippen molar-refractivity contribution in [3.05, 3.63) is 35.5 Å². The van der Waals surface area contributed by atoms with Gasteiger partial charge >= 0.3 is 0 Å². The number of hydrogen-bond acceptors (Lipinski definition) is 3. The Hall–Kier alpha value is -1.04. The first-order valence-electron chi connectivity index (χ1n) is 13.5. The maximum absolute atomic E-state index is 13.9. The Morgan fingerprint density at radius 1 is 1.21 bits per heavy atom. The van der Waals surface area contributed by atoms with Crippen LogP contribution in [0.15, 0.2) is 35.5 Å². The van der Waals surface area contributed by atoms with Crippen molar-refractivity contribution in [3.8, 4) is 0 Å². The maximum Gasteiger partial charge on any atom is 0.249 e. The molecule has 0 aromatic carbocycles. The van der Waals surface area contributed by atoms with Crippen LogP contribution in [0.3, 0.4) is 0 Å². The topological polar surface area (TPSA) is 43.7 Å². The standard InChI is InChI=1S/C29H45F2NO2/c1-19(17-32-14-6-8-23(18-32)29(4,30)31)25-11-12-26-21(7-5-13-28(25,26)3)9-10-22-15-24(33)16-27(34)20(22)2/h9-10,19,23-27,33-34H,2,5-8,11-18H2,1,3-4H3/t19?,23?,24-,25-,26+,27+,28-/m1/s1. The summed E-state index contributed by atoms with van der Waals surface area (Å²) in [5.41, 5.74) is 3.48. The molecule has 7 atom stereocenters. The van der Waals surface area contributed by atoms with Gasteiger partial charge in [0.2, 0.25) is 5.92 Å². The highest BCUT2D eigenvalue weighted by atomic mass is 19.3. The molecule has 0 aromatic rings. The lowest BCUT2D eigenvalue weighted by Crippen LogP contribution is -2.46. The van der Waals surface area contributed by atoms with Crippen LogP contribution >= 0.6 is 0 Å². The van der Waals surface area contributed by atoms with Gasteiger partial charge in [0.25, 0.3) is 0 Å². The summed E-state index contributed by atoms with van der Waals surface area (Å²) in [5.74, 6) is -1.42. The highest BCUT2D eigenvalue weighted by molar-refractivity contribution is 5.38. The summed E-state index contributed by atoms with van der Waals surface area (Å²) in [7, 11) is 0. The van der Waals surface area contributed by atoms with E-state index in [2.05, 4.69) is 37.5 Å². The first-order valence-corrected chi connectivity index (χ1v) is 13.5. The SMILES string of the molecule is C=C1C(=CC=C2CCC[C@]3(C)[C@@H](C(C)CN4CCCC(C(C)(F)F)C4)CC[C@@H]23)C[C@@H](O)C[C@@H]1O. The lowest BCUT2D eigenvalue weighted by atomic mass is 9.61. The summed E-state index contributed by atoms with van der Waals surface area (Å²) in [6.07, 6.45) is 11.6. The van der Waals surface area contributed by atoms with Crippen LogP contribution in [0.25, 0.3) is 0 Å². The smallest absolute Gasteiger partial charge is 0.249 e. The van der Waals surface area contributed by atoms with E-state index in [-0.39, 0.29) is 5.41 Å². The van der Waals surface area contributed by atoms with Gasteiger partial charge < -0.3 is 15.1 Å². The van der Waals surface area contributed by atoms with Crippen molar-refractivity contribution >= 4 is 0 Å². The summed E-state index contributed by atoms with van der Waals surface area (Å²) >= 11 is 0. The van der Waals surface area contributed by atoms with Crippen molar-refractivity contribution in [2.75, 3.05) is 19.6 Å². The van der Waals surface area contributed by atoms with Crippen molar-refractivity contribution in [3.63, 3.8) is 0 Å². The van der Waals surface area contributed by atoms with Gasteiger partial charge in [-0.05, 0) is 99.1 Å². The molecular formula is C29H45F2NO2. The lowest BCUT2D eigenvalue weighted by Gasteiger charge is -2.46. The van der Waals surface area contributed by atoms with Crippen LogP contribution in [0, 0.1) is 29.1 Å². The third-order valence-electron chi connectivity index (χ3n) is 9.76. The van der Waals surface area contributed by atoms with Crippen LogP contribution in [0.2, 0.25) is 0 Å². The Balaban J connectivity index is 1.44. The summed E-state index contributed by atoms with van der Waals surface area (Å²) in [5, 5.41) is 20.3. The van der Waals surface area contributed by atoms with Gasteiger partial charge in [-0.15, -0.1) is 0 Å². The Labute approximate surface area is 205 Å². The third kappa shape index (κ3) is 5.37. The van der Waals surface area contributed by atoms with E-state index in [1.807, 2.05) is 0 Å². The number of piperidine rings is 1. The van der Waals surface area contributed by atoms with Gasteiger partial charge in [-0.25, -0.2) is 8.78 Å². The van der Waals surface area contributed by atoms with Crippen LogP contribution in [-0.2, 0) is 0 Å². The summed E-state index contributed by atoms with van der Waals surface area (Å²) < 4.78 is 27.9. The molecule has 1 saturated heterocycles. The molecule has 5 heteroatoms. The van der Waals surface area contributed by atoms with E-state index >= 15 is 0 Å². The monoisotopic (exact) mass is 477 g/mol. The summed E-state index contributed by atoms with van der Waals surface area (Å²) in [6, 6.07) is 0. The van der Waals surface area contributed by atoms with Crippen molar-refractivity contribution < 1.29 is 19.0 Å². The Bertz CT molecular complexity index is 815. The molecule has 0 amide bonds. The molecule has 3 nitrogen and oxygen atoms in total. The highest BCUT2D eigenvalue weighted by Crippen LogP contribution is 2.59.